The third-order valence-corrected chi connectivity index (χ3v) is 6.29. The van der Waals surface area contributed by atoms with E-state index in [1.807, 2.05) is 0 Å². The van der Waals surface area contributed by atoms with Crippen molar-refractivity contribution in [1.29, 1.82) is 0 Å². The molecule has 2 fully saturated rings. The Hall–Kier alpha value is -0.720. The van der Waals surface area contributed by atoms with Gasteiger partial charge in [-0.3, -0.25) is 4.79 Å². The topological polar surface area (TPSA) is 60.4 Å². The smallest absolute Gasteiger partial charge is 0.345 e. The van der Waals surface area contributed by atoms with Crippen LogP contribution in [0.5, 0.6) is 0 Å². The summed E-state index contributed by atoms with van der Waals surface area (Å²) in [6.07, 6.45) is 1.60. The van der Waals surface area contributed by atoms with Crippen LogP contribution < -0.4 is 0 Å². The number of esters is 1. The zero-order valence-corrected chi connectivity index (χ0v) is 12.7. The van der Waals surface area contributed by atoms with Crippen molar-refractivity contribution in [2.45, 2.75) is 37.9 Å². The molecule has 0 aromatic heterocycles. The van der Waals surface area contributed by atoms with Crippen LogP contribution in [0, 0.1) is 23.2 Å². The van der Waals surface area contributed by atoms with E-state index in [1.165, 1.54) is 7.11 Å². The van der Waals surface area contributed by atoms with Crippen molar-refractivity contribution in [1.82, 2.24) is 0 Å². The van der Waals surface area contributed by atoms with Crippen molar-refractivity contribution >= 4 is 15.8 Å². The second kappa shape index (κ2) is 4.64. The number of ether oxygens (including phenoxy) is 1. The number of fused-ring (bicyclic) bond motifs is 2. The molecule has 116 valence electrons. The SMILES string of the molecule is COC(=O)C1CC2CC1CC2(C)CC(F)(F)S(C)(=O)=O. The summed E-state index contributed by atoms with van der Waals surface area (Å²) in [6.45, 7) is 1.71. The molecule has 2 saturated carbocycles. The Balaban J connectivity index is 2.12. The van der Waals surface area contributed by atoms with Crippen LogP contribution in [0.4, 0.5) is 8.78 Å². The summed E-state index contributed by atoms with van der Waals surface area (Å²) in [5.41, 5.74) is -0.720. The van der Waals surface area contributed by atoms with Gasteiger partial charge < -0.3 is 4.74 Å². The van der Waals surface area contributed by atoms with Gasteiger partial charge >= 0.3 is 11.2 Å². The molecule has 2 aliphatic carbocycles. The van der Waals surface area contributed by atoms with E-state index >= 15 is 0 Å². The molecule has 0 aromatic carbocycles. The molecule has 0 saturated heterocycles. The quantitative estimate of drug-likeness (QED) is 0.747. The first-order valence-corrected chi connectivity index (χ1v) is 8.54. The van der Waals surface area contributed by atoms with Crippen molar-refractivity contribution in [2.75, 3.05) is 13.4 Å². The van der Waals surface area contributed by atoms with Gasteiger partial charge in [-0.05, 0) is 36.5 Å². The van der Waals surface area contributed by atoms with Crippen LogP contribution in [-0.4, -0.2) is 33.0 Å². The molecular weight excluding hydrogens is 290 g/mol. The summed E-state index contributed by atoms with van der Waals surface area (Å²) < 4.78 is 54.7. The fraction of sp³-hybridized carbons (Fsp3) is 0.923. The second-order valence-corrected chi connectivity index (χ2v) is 8.64. The van der Waals surface area contributed by atoms with Crippen molar-refractivity contribution in [3.05, 3.63) is 0 Å². The average molecular weight is 310 g/mol. The number of sulfone groups is 1. The Kier molecular flexibility index (Phi) is 3.64. The van der Waals surface area contributed by atoms with Crippen molar-refractivity contribution in [3.63, 3.8) is 0 Å². The van der Waals surface area contributed by atoms with E-state index in [-0.39, 0.29) is 23.7 Å². The first kappa shape index (κ1) is 15.7. The van der Waals surface area contributed by atoms with Crippen LogP contribution in [-0.2, 0) is 19.4 Å². The van der Waals surface area contributed by atoms with Gasteiger partial charge in [0.05, 0.1) is 13.0 Å². The average Bonchev–Trinajstić information content (AvgIpc) is 2.81. The second-order valence-electron chi connectivity index (χ2n) is 6.50. The predicted molar refractivity (Wildman–Crippen MR) is 68.9 cm³/mol. The van der Waals surface area contributed by atoms with E-state index in [0.717, 1.165) is 0 Å². The van der Waals surface area contributed by atoms with E-state index in [9.17, 15) is 22.0 Å². The van der Waals surface area contributed by atoms with Gasteiger partial charge in [-0.25, -0.2) is 8.42 Å². The molecule has 0 heterocycles. The van der Waals surface area contributed by atoms with Gasteiger partial charge in [0.1, 0.15) is 0 Å². The summed E-state index contributed by atoms with van der Waals surface area (Å²) in [5.74, 6) is -0.503. The van der Waals surface area contributed by atoms with Crippen LogP contribution in [0.15, 0.2) is 0 Å². The van der Waals surface area contributed by atoms with Crippen LogP contribution in [0.1, 0.15) is 32.6 Å². The number of halogens is 2. The molecule has 4 atom stereocenters. The van der Waals surface area contributed by atoms with Crippen molar-refractivity contribution in [2.24, 2.45) is 23.2 Å². The minimum absolute atomic E-state index is 0.0350. The van der Waals surface area contributed by atoms with Crippen molar-refractivity contribution in [3.8, 4) is 0 Å². The molecule has 0 aliphatic heterocycles. The summed E-state index contributed by atoms with van der Waals surface area (Å²) >= 11 is 0. The van der Waals surface area contributed by atoms with Crippen LogP contribution >= 0.6 is 0 Å². The fourth-order valence-corrected chi connectivity index (χ4v) is 4.53. The van der Waals surface area contributed by atoms with Gasteiger partial charge in [0.15, 0.2) is 0 Å². The maximum Gasteiger partial charge on any atom is 0.345 e. The van der Waals surface area contributed by atoms with E-state index < -0.39 is 26.9 Å². The number of carbonyl (C=O) groups excluding carboxylic acids is 1. The Morgan fingerprint density at radius 1 is 1.40 bits per heavy atom. The first-order chi connectivity index (χ1) is 9.00. The highest BCUT2D eigenvalue weighted by Gasteiger charge is 2.59. The van der Waals surface area contributed by atoms with Crippen LogP contribution in [0.3, 0.4) is 0 Å². The number of methoxy groups -OCH3 is 1. The van der Waals surface area contributed by atoms with E-state index in [1.54, 1.807) is 6.92 Å². The monoisotopic (exact) mass is 310 g/mol. The summed E-state index contributed by atoms with van der Waals surface area (Å²) in [4.78, 5) is 11.6. The lowest BCUT2D eigenvalue weighted by Crippen LogP contribution is -2.39. The molecule has 2 aliphatic rings. The zero-order chi connectivity index (χ0) is 15.3. The molecule has 4 nitrogen and oxygen atoms in total. The molecule has 0 amide bonds. The van der Waals surface area contributed by atoms with Gasteiger partial charge in [0.25, 0.3) is 0 Å². The highest BCUT2D eigenvalue weighted by Crippen LogP contribution is 2.61. The normalized spacial score (nSPS) is 37.1. The number of hydrogen-bond acceptors (Lipinski definition) is 4. The van der Waals surface area contributed by atoms with E-state index in [4.69, 9.17) is 4.74 Å². The lowest BCUT2D eigenvalue weighted by molar-refractivity contribution is -0.148. The highest BCUT2D eigenvalue weighted by molar-refractivity contribution is 7.91. The molecule has 20 heavy (non-hydrogen) atoms. The standard InChI is InChI=1S/C13H20F2O4S/c1-12(7-13(14,15)20(3,17)18)6-8-4-9(12)5-10(8)11(16)19-2/h8-10H,4-7H2,1-3H3. The summed E-state index contributed by atoms with van der Waals surface area (Å²) in [5, 5.41) is -3.70. The molecule has 2 bridgehead atoms. The fourth-order valence-electron chi connectivity index (χ4n) is 3.94. The number of rotatable bonds is 4. The molecule has 2 rings (SSSR count). The number of alkyl halides is 2. The largest absolute Gasteiger partial charge is 0.469 e. The molecule has 0 N–H and O–H groups in total. The van der Waals surface area contributed by atoms with Gasteiger partial charge in [-0.1, -0.05) is 6.92 Å². The minimum Gasteiger partial charge on any atom is -0.469 e. The number of hydrogen-bond donors (Lipinski definition) is 0. The van der Waals surface area contributed by atoms with E-state index in [0.29, 0.717) is 25.5 Å². The molecule has 4 unspecified atom stereocenters. The van der Waals surface area contributed by atoms with Gasteiger partial charge in [-0.15, -0.1) is 0 Å². The Morgan fingerprint density at radius 2 is 2.00 bits per heavy atom. The highest BCUT2D eigenvalue weighted by atomic mass is 32.2. The zero-order valence-electron chi connectivity index (χ0n) is 11.9. The van der Waals surface area contributed by atoms with Crippen molar-refractivity contribution < 1.29 is 26.7 Å². The maximum absolute atomic E-state index is 13.8. The van der Waals surface area contributed by atoms with Gasteiger partial charge in [0.2, 0.25) is 9.84 Å². The van der Waals surface area contributed by atoms with Crippen LogP contribution in [0.2, 0.25) is 0 Å². The third kappa shape index (κ3) is 2.44. The molecule has 7 heteroatoms. The maximum atomic E-state index is 13.8. The van der Waals surface area contributed by atoms with Crippen LogP contribution in [0.25, 0.3) is 0 Å². The third-order valence-electron chi connectivity index (χ3n) is 5.06. The molecule has 0 radical (unpaired) electrons. The lowest BCUT2D eigenvalue weighted by Gasteiger charge is -2.38. The van der Waals surface area contributed by atoms with Gasteiger partial charge in [-0.2, -0.15) is 8.78 Å². The summed E-state index contributed by atoms with van der Waals surface area (Å²) in [6, 6.07) is 0. The van der Waals surface area contributed by atoms with E-state index in [2.05, 4.69) is 0 Å². The molecule has 0 spiro atoms. The molecular formula is C13H20F2O4S. The summed E-state index contributed by atoms with van der Waals surface area (Å²) in [7, 11) is -3.08. The Morgan fingerprint density at radius 3 is 2.40 bits per heavy atom. The Labute approximate surface area is 117 Å². The number of carbonyl (C=O) groups is 1. The Bertz CT molecular complexity index is 516. The lowest BCUT2D eigenvalue weighted by atomic mass is 9.69. The van der Waals surface area contributed by atoms with Gasteiger partial charge in [0, 0.05) is 12.7 Å². The predicted octanol–water partition coefficient (Wildman–Crippen LogP) is 2.24. The minimum atomic E-state index is -4.40. The first-order valence-electron chi connectivity index (χ1n) is 6.65. The molecule has 0 aromatic rings.